The predicted molar refractivity (Wildman–Crippen MR) is 102 cm³/mol. The Morgan fingerprint density at radius 1 is 1.12 bits per heavy atom. The van der Waals surface area contributed by atoms with Crippen LogP contribution in [0.3, 0.4) is 0 Å². The fraction of sp³-hybridized carbons (Fsp3) is 0.476. The van der Waals surface area contributed by atoms with Gasteiger partial charge in [0.15, 0.2) is 0 Å². The smallest absolute Gasteiger partial charge is 0.137 e. The average Bonchev–Trinajstić information content (AvgIpc) is 2.62. The predicted octanol–water partition coefficient (Wildman–Crippen LogP) is 5.03. The Labute approximate surface area is 146 Å². The SMILES string of the molecule is CC(C)CN1CCCCC1c1cccnc1N(C)c1ccccc1. The molecule has 3 nitrogen and oxygen atoms in total. The molecular weight excluding hydrogens is 294 g/mol. The van der Waals surface area contributed by atoms with Gasteiger partial charge in [-0.25, -0.2) is 4.98 Å². The van der Waals surface area contributed by atoms with Crippen molar-refractivity contribution in [1.82, 2.24) is 9.88 Å². The van der Waals surface area contributed by atoms with E-state index in [0.717, 1.165) is 12.4 Å². The summed E-state index contributed by atoms with van der Waals surface area (Å²) in [6.45, 7) is 6.98. The Balaban J connectivity index is 1.93. The number of benzene rings is 1. The highest BCUT2D eigenvalue weighted by atomic mass is 15.2. The van der Waals surface area contributed by atoms with Crippen LogP contribution in [0.1, 0.15) is 44.7 Å². The fourth-order valence-corrected chi connectivity index (χ4v) is 3.75. The summed E-state index contributed by atoms with van der Waals surface area (Å²) in [6.07, 6.45) is 5.76. The molecule has 1 fully saturated rings. The lowest BCUT2D eigenvalue weighted by Gasteiger charge is -2.38. The van der Waals surface area contributed by atoms with E-state index < -0.39 is 0 Å². The summed E-state index contributed by atoms with van der Waals surface area (Å²) in [5, 5.41) is 0. The Kier molecular flexibility index (Phi) is 5.52. The lowest BCUT2D eigenvalue weighted by Crippen LogP contribution is -2.36. The zero-order valence-corrected chi connectivity index (χ0v) is 15.2. The summed E-state index contributed by atoms with van der Waals surface area (Å²) in [5.74, 6) is 1.78. The van der Waals surface area contributed by atoms with Crippen molar-refractivity contribution in [2.75, 3.05) is 25.0 Å². The minimum absolute atomic E-state index is 0.482. The summed E-state index contributed by atoms with van der Waals surface area (Å²) in [5.41, 5.74) is 2.55. The van der Waals surface area contributed by atoms with Crippen molar-refractivity contribution in [1.29, 1.82) is 0 Å². The molecule has 3 heteroatoms. The van der Waals surface area contributed by atoms with Crippen LogP contribution in [-0.2, 0) is 0 Å². The van der Waals surface area contributed by atoms with E-state index in [2.05, 4.69) is 73.2 Å². The molecule has 1 saturated heterocycles. The monoisotopic (exact) mass is 323 g/mol. The lowest BCUT2D eigenvalue weighted by atomic mass is 9.94. The Morgan fingerprint density at radius 3 is 2.67 bits per heavy atom. The first-order valence-corrected chi connectivity index (χ1v) is 9.14. The van der Waals surface area contributed by atoms with Gasteiger partial charge in [0, 0.05) is 37.1 Å². The topological polar surface area (TPSA) is 19.4 Å². The highest BCUT2D eigenvalue weighted by Crippen LogP contribution is 2.37. The zero-order valence-electron chi connectivity index (χ0n) is 15.2. The van der Waals surface area contributed by atoms with Crippen molar-refractivity contribution >= 4 is 11.5 Å². The third-order valence-electron chi connectivity index (χ3n) is 4.85. The first-order valence-electron chi connectivity index (χ1n) is 9.14. The number of likely N-dealkylation sites (tertiary alicyclic amines) is 1. The van der Waals surface area contributed by atoms with Gasteiger partial charge < -0.3 is 4.90 Å². The van der Waals surface area contributed by atoms with Crippen LogP contribution in [0, 0.1) is 5.92 Å². The molecule has 0 saturated carbocycles. The average molecular weight is 323 g/mol. The van der Waals surface area contributed by atoms with Crippen LogP contribution in [0.5, 0.6) is 0 Å². The number of anilines is 2. The van der Waals surface area contributed by atoms with Crippen LogP contribution >= 0.6 is 0 Å². The number of hydrogen-bond donors (Lipinski definition) is 0. The Bertz CT molecular complexity index is 639. The van der Waals surface area contributed by atoms with E-state index >= 15 is 0 Å². The summed E-state index contributed by atoms with van der Waals surface area (Å²) >= 11 is 0. The van der Waals surface area contributed by atoms with Gasteiger partial charge in [-0.3, -0.25) is 4.90 Å². The van der Waals surface area contributed by atoms with Crippen molar-refractivity contribution in [3.8, 4) is 0 Å². The number of hydrogen-bond acceptors (Lipinski definition) is 3. The Hall–Kier alpha value is -1.87. The van der Waals surface area contributed by atoms with Crippen LogP contribution in [0.25, 0.3) is 0 Å². The number of nitrogens with zero attached hydrogens (tertiary/aromatic N) is 3. The van der Waals surface area contributed by atoms with E-state index in [9.17, 15) is 0 Å². The number of pyridine rings is 1. The van der Waals surface area contributed by atoms with Gasteiger partial charge in [-0.05, 0) is 43.5 Å². The summed E-state index contributed by atoms with van der Waals surface area (Å²) in [7, 11) is 2.12. The van der Waals surface area contributed by atoms with Crippen LogP contribution in [0.2, 0.25) is 0 Å². The maximum Gasteiger partial charge on any atom is 0.137 e. The molecule has 128 valence electrons. The van der Waals surface area contributed by atoms with E-state index in [-0.39, 0.29) is 0 Å². The largest absolute Gasteiger partial charge is 0.329 e. The number of rotatable bonds is 5. The van der Waals surface area contributed by atoms with Crippen LogP contribution in [0.15, 0.2) is 48.7 Å². The molecule has 1 aromatic heterocycles. The van der Waals surface area contributed by atoms with Crippen molar-refractivity contribution in [3.05, 3.63) is 54.2 Å². The molecule has 1 aliphatic rings. The minimum atomic E-state index is 0.482. The molecule has 0 N–H and O–H groups in total. The minimum Gasteiger partial charge on any atom is -0.329 e. The number of aromatic nitrogens is 1. The molecule has 0 spiro atoms. The Morgan fingerprint density at radius 2 is 1.92 bits per heavy atom. The molecule has 1 atom stereocenters. The number of piperidine rings is 1. The van der Waals surface area contributed by atoms with Gasteiger partial charge in [-0.2, -0.15) is 0 Å². The quantitative estimate of drug-likeness (QED) is 0.769. The molecule has 2 heterocycles. The molecule has 0 amide bonds. The molecule has 1 aromatic carbocycles. The maximum atomic E-state index is 4.74. The lowest BCUT2D eigenvalue weighted by molar-refractivity contribution is 0.132. The molecule has 3 rings (SSSR count). The normalized spacial score (nSPS) is 18.8. The van der Waals surface area contributed by atoms with Crippen molar-refractivity contribution in [2.24, 2.45) is 5.92 Å². The van der Waals surface area contributed by atoms with Gasteiger partial charge in [-0.1, -0.05) is 44.5 Å². The first kappa shape index (κ1) is 17.0. The van der Waals surface area contributed by atoms with Gasteiger partial charge >= 0.3 is 0 Å². The van der Waals surface area contributed by atoms with Gasteiger partial charge in [0.2, 0.25) is 0 Å². The van der Waals surface area contributed by atoms with E-state index in [1.165, 1.54) is 37.1 Å². The standard InChI is InChI=1S/C21H29N3/c1-17(2)16-24-15-8-7-13-20(24)19-12-9-14-22-21(19)23(3)18-10-5-4-6-11-18/h4-6,9-12,14,17,20H,7-8,13,15-16H2,1-3H3. The van der Waals surface area contributed by atoms with E-state index in [1.54, 1.807) is 0 Å². The van der Waals surface area contributed by atoms with Gasteiger partial charge in [-0.15, -0.1) is 0 Å². The molecule has 1 aliphatic heterocycles. The van der Waals surface area contributed by atoms with Crippen molar-refractivity contribution in [2.45, 2.75) is 39.2 Å². The van der Waals surface area contributed by atoms with Crippen LogP contribution < -0.4 is 4.90 Å². The molecule has 1 unspecified atom stereocenters. The zero-order chi connectivity index (χ0) is 16.9. The van der Waals surface area contributed by atoms with Gasteiger partial charge in [0.25, 0.3) is 0 Å². The summed E-state index contributed by atoms with van der Waals surface area (Å²) in [6, 6.07) is 15.3. The molecule has 0 aliphatic carbocycles. The molecule has 0 bridgehead atoms. The molecular formula is C21H29N3. The highest BCUT2D eigenvalue weighted by Gasteiger charge is 2.27. The second-order valence-corrected chi connectivity index (χ2v) is 7.21. The number of para-hydroxylation sites is 1. The van der Waals surface area contributed by atoms with E-state index in [1.807, 2.05) is 6.20 Å². The van der Waals surface area contributed by atoms with Gasteiger partial charge in [0.05, 0.1) is 0 Å². The van der Waals surface area contributed by atoms with Crippen molar-refractivity contribution in [3.63, 3.8) is 0 Å². The van der Waals surface area contributed by atoms with Gasteiger partial charge in [0.1, 0.15) is 5.82 Å². The van der Waals surface area contributed by atoms with E-state index in [4.69, 9.17) is 4.98 Å². The molecule has 0 radical (unpaired) electrons. The van der Waals surface area contributed by atoms with Crippen LogP contribution in [-0.4, -0.2) is 30.0 Å². The maximum absolute atomic E-state index is 4.74. The third kappa shape index (κ3) is 3.78. The van der Waals surface area contributed by atoms with E-state index in [0.29, 0.717) is 12.0 Å². The fourth-order valence-electron chi connectivity index (χ4n) is 3.75. The second kappa shape index (κ2) is 7.80. The summed E-state index contributed by atoms with van der Waals surface area (Å²) in [4.78, 5) is 9.62. The molecule has 24 heavy (non-hydrogen) atoms. The third-order valence-corrected chi connectivity index (χ3v) is 4.85. The summed E-state index contributed by atoms with van der Waals surface area (Å²) < 4.78 is 0. The highest BCUT2D eigenvalue weighted by molar-refractivity contribution is 5.62. The second-order valence-electron chi connectivity index (χ2n) is 7.21. The van der Waals surface area contributed by atoms with Crippen molar-refractivity contribution < 1.29 is 0 Å². The molecule has 2 aromatic rings. The van der Waals surface area contributed by atoms with Crippen LogP contribution in [0.4, 0.5) is 11.5 Å². The first-order chi connectivity index (χ1) is 11.7.